The van der Waals surface area contributed by atoms with Crippen molar-refractivity contribution in [1.82, 2.24) is 0 Å². The summed E-state index contributed by atoms with van der Waals surface area (Å²) in [5.41, 5.74) is 9.66. The zero-order valence-electron chi connectivity index (χ0n) is 8.41. The predicted molar refractivity (Wildman–Crippen MR) is 58.6 cm³/mol. The average Bonchev–Trinajstić information content (AvgIpc) is 2.85. The molecule has 0 saturated carbocycles. The van der Waals surface area contributed by atoms with E-state index in [0.29, 0.717) is 6.54 Å². The van der Waals surface area contributed by atoms with Gasteiger partial charge in [0.25, 0.3) is 0 Å². The number of fused-ring (bicyclic) bond motifs is 2. The normalized spacial score (nSPS) is 11.6. The number of nitrogens with two attached hydrogens (primary N) is 1. The van der Waals surface area contributed by atoms with E-state index in [1.165, 1.54) is 0 Å². The Hall–Kier alpha value is -1.74. The van der Waals surface area contributed by atoms with Crippen molar-refractivity contribution in [2.45, 2.75) is 13.5 Å². The topological polar surface area (TPSA) is 52.3 Å². The molecule has 3 aromatic rings. The Bertz CT molecular complexity index is 582. The third kappa shape index (κ3) is 0.982. The van der Waals surface area contributed by atoms with E-state index in [9.17, 15) is 0 Å². The fraction of sp³-hybridized carbons (Fsp3) is 0.167. The van der Waals surface area contributed by atoms with Crippen molar-refractivity contribution < 1.29 is 8.83 Å². The molecule has 2 aromatic heterocycles. The lowest BCUT2D eigenvalue weighted by molar-refractivity contribution is 0.607. The highest BCUT2D eigenvalue weighted by Gasteiger charge is 2.14. The van der Waals surface area contributed by atoms with E-state index in [2.05, 4.69) is 0 Å². The van der Waals surface area contributed by atoms with Crippen molar-refractivity contribution in [3.63, 3.8) is 0 Å². The van der Waals surface area contributed by atoms with Crippen LogP contribution in [0.4, 0.5) is 0 Å². The van der Waals surface area contributed by atoms with Gasteiger partial charge in [-0.05, 0) is 19.1 Å². The van der Waals surface area contributed by atoms with E-state index in [-0.39, 0.29) is 0 Å². The number of rotatable bonds is 1. The Morgan fingerprint density at radius 3 is 2.47 bits per heavy atom. The van der Waals surface area contributed by atoms with Gasteiger partial charge in [-0.25, -0.2) is 0 Å². The summed E-state index contributed by atoms with van der Waals surface area (Å²) in [5.74, 6) is 0. The van der Waals surface area contributed by atoms with Gasteiger partial charge in [-0.3, -0.25) is 0 Å². The van der Waals surface area contributed by atoms with Gasteiger partial charge in [-0.2, -0.15) is 0 Å². The predicted octanol–water partition coefficient (Wildman–Crippen LogP) is 2.95. The van der Waals surface area contributed by atoms with E-state index in [1.54, 1.807) is 12.5 Å². The van der Waals surface area contributed by atoms with Crippen LogP contribution in [-0.2, 0) is 6.54 Å². The van der Waals surface area contributed by atoms with Crippen molar-refractivity contribution in [2.75, 3.05) is 0 Å². The van der Waals surface area contributed by atoms with Crippen LogP contribution in [0.15, 0.2) is 33.5 Å². The summed E-state index contributed by atoms with van der Waals surface area (Å²) in [6, 6.07) is 3.89. The second-order valence-electron chi connectivity index (χ2n) is 3.63. The minimum atomic E-state index is 0.459. The van der Waals surface area contributed by atoms with Gasteiger partial charge < -0.3 is 14.6 Å². The highest BCUT2D eigenvalue weighted by molar-refractivity contribution is 6.01. The van der Waals surface area contributed by atoms with Crippen molar-refractivity contribution in [3.8, 4) is 0 Å². The maximum atomic E-state index is 5.75. The molecule has 0 fully saturated rings. The van der Waals surface area contributed by atoms with Crippen LogP contribution in [0, 0.1) is 6.92 Å². The van der Waals surface area contributed by atoms with Crippen LogP contribution in [0.25, 0.3) is 21.9 Å². The van der Waals surface area contributed by atoms with Crippen LogP contribution in [0.5, 0.6) is 0 Å². The molecule has 0 saturated heterocycles. The molecule has 0 aliphatic carbocycles. The molecule has 15 heavy (non-hydrogen) atoms. The SMILES string of the molecule is Cc1c2ccoc2c(CN)c2ccoc12. The molecule has 0 atom stereocenters. The van der Waals surface area contributed by atoms with E-state index in [0.717, 1.165) is 33.1 Å². The molecule has 3 nitrogen and oxygen atoms in total. The Labute approximate surface area is 86.5 Å². The van der Waals surface area contributed by atoms with Gasteiger partial charge in [0.05, 0.1) is 12.5 Å². The third-order valence-electron chi connectivity index (χ3n) is 2.88. The summed E-state index contributed by atoms with van der Waals surface area (Å²) in [6.45, 7) is 2.49. The van der Waals surface area contributed by atoms with E-state index >= 15 is 0 Å². The monoisotopic (exact) mass is 201 g/mol. The zero-order valence-corrected chi connectivity index (χ0v) is 8.41. The molecule has 2 N–H and O–H groups in total. The maximum absolute atomic E-state index is 5.75. The second kappa shape index (κ2) is 2.87. The lowest BCUT2D eigenvalue weighted by Gasteiger charge is -2.03. The Balaban J connectivity index is 2.64. The van der Waals surface area contributed by atoms with Gasteiger partial charge in [0.2, 0.25) is 0 Å². The number of hydrogen-bond donors (Lipinski definition) is 1. The molecule has 0 bridgehead atoms. The first-order valence-corrected chi connectivity index (χ1v) is 4.89. The third-order valence-corrected chi connectivity index (χ3v) is 2.88. The van der Waals surface area contributed by atoms with Crippen LogP contribution < -0.4 is 5.73 Å². The van der Waals surface area contributed by atoms with Gasteiger partial charge in [-0.15, -0.1) is 0 Å². The van der Waals surface area contributed by atoms with Crippen molar-refractivity contribution in [2.24, 2.45) is 5.73 Å². The van der Waals surface area contributed by atoms with Gasteiger partial charge >= 0.3 is 0 Å². The van der Waals surface area contributed by atoms with Crippen LogP contribution in [0.2, 0.25) is 0 Å². The van der Waals surface area contributed by atoms with Crippen LogP contribution in [0.3, 0.4) is 0 Å². The number of hydrogen-bond acceptors (Lipinski definition) is 3. The Morgan fingerprint density at radius 1 is 1.07 bits per heavy atom. The molecule has 3 heteroatoms. The number of furan rings is 2. The number of aryl methyl sites for hydroxylation is 1. The fourth-order valence-corrected chi connectivity index (χ4v) is 2.12. The zero-order chi connectivity index (χ0) is 10.4. The molecular formula is C12H11NO2. The lowest BCUT2D eigenvalue weighted by Crippen LogP contribution is -1.97. The average molecular weight is 201 g/mol. The molecule has 0 aliphatic rings. The van der Waals surface area contributed by atoms with Crippen LogP contribution in [0.1, 0.15) is 11.1 Å². The van der Waals surface area contributed by atoms with Crippen molar-refractivity contribution in [1.29, 1.82) is 0 Å². The van der Waals surface area contributed by atoms with Gasteiger partial charge in [0.15, 0.2) is 0 Å². The molecule has 0 amide bonds. The molecule has 1 aromatic carbocycles. The summed E-state index contributed by atoms with van der Waals surface area (Å²) >= 11 is 0. The Morgan fingerprint density at radius 2 is 1.73 bits per heavy atom. The quantitative estimate of drug-likeness (QED) is 0.658. The van der Waals surface area contributed by atoms with E-state index in [4.69, 9.17) is 14.6 Å². The van der Waals surface area contributed by atoms with Gasteiger partial charge in [0, 0.05) is 28.4 Å². The Kier molecular flexibility index (Phi) is 1.64. The van der Waals surface area contributed by atoms with Crippen LogP contribution in [-0.4, -0.2) is 0 Å². The summed E-state index contributed by atoms with van der Waals surface area (Å²) in [4.78, 5) is 0. The fourth-order valence-electron chi connectivity index (χ4n) is 2.12. The van der Waals surface area contributed by atoms with Crippen molar-refractivity contribution in [3.05, 3.63) is 35.8 Å². The summed E-state index contributed by atoms with van der Waals surface area (Å²) in [5, 5.41) is 2.13. The molecule has 2 heterocycles. The summed E-state index contributed by atoms with van der Waals surface area (Å²) in [7, 11) is 0. The highest BCUT2D eigenvalue weighted by atomic mass is 16.3. The lowest BCUT2D eigenvalue weighted by atomic mass is 10.0. The van der Waals surface area contributed by atoms with Gasteiger partial charge in [0.1, 0.15) is 11.2 Å². The molecule has 0 radical (unpaired) electrons. The van der Waals surface area contributed by atoms with Gasteiger partial charge in [-0.1, -0.05) is 0 Å². The minimum absolute atomic E-state index is 0.459. The van der Waals surface area contributed by atoms with Crippen molar-refractivity contribution >= 4 is 21.9 Å². The van der Waals surface area contributed by atoms with E-state index < -0.39 is 0 Å². The first-order chi connectivity index (χ1) is 7.33. The molecule has 76 valence electrons. The first-order valence-electron chi connectivity index (χ1n) is 4.89. The second-order valence-corrected chi connectivity index (χ2v) is 3.63. The summed E-state index contributed by atoms with van der Waals surface area (Å²) < 4.78 is 10.9. The molecule has 0 unspecified atom stereocenters. The first kappa shape index (κ1) is 8.56. The molecule has 0 aliphatic heterocycles. The molecular weight excluding hydrogens is 190 g/mol. The molecule has 0 spiro atoms. The minimum Gasteiger partial charge on any atom is -0.464 e. The standard InChI is InChI=1S/C12H11NO2/c1-7-8-2-4-15-12(8)10(6-13)9-3-5-14-11(7)9/h2-5H,6,13H2,1H3. The molecule has 3 rings (SSSR count). The smallest absolute Gasteiger partial charge is 0.139 e. The van der Waals surface area contributed by atoms with E-state index in [1.807, 2.05) is 19.1 Å². The number of benzene rings is 1. The summed E-state index contributed by atoms with van der Waals surface area (Å²) in [6.07, 6.45) is 3.38. The maximum Gasteiger partial charge on any atom is 0.139 e. The highest BCUT2D eigenvalue weighted by Crippen LogP contribution is 2.33. The largest absolute Gasteiger partial charge is 0.464 e. The van der Waals surface area contributed by atoms with Crippen LogP contribution >= 0.6 is 0 Å².